The Balaban J connectivity index is 0.884. The lowest BCUT2D eigenvalue weighted by Gasteiger charge is -2.34. The van der Waals surface area contributed by atoms with Gasteiger partial charge in [0.25, 0.3) is 0 Å². The molecule has 0 N–H and O–H groups in total. The Morgan fingerprint density at radius 3 is 1.67 bits per heavy atom. The van der Waals surface area contributed by atoms with Crippen molar-refractivity contribution in [2.24, 2.45) is 0 Å². The van der Waals surface area contributed by atoms with Crippen molar-refractivity contribution in [3.8, 4) is 39.1 Å². The molecule has 14 rings (SSSR count). The lowest BCUT2D eigenvalue weighted by atomic mass is 9.68. The van der Waals surface area contributed by atoms with Gasteiger partial charge in [-0.25, -0.2) is 0 Å². The Morgan fingerprint density at radius 2 is 0.886 bits per heavy atom. The highest BCUT2D eigenvalue weighted by molar-refractivity contribution is 7.25. The van der Waals surface area contributed by atoms with E-state index in [0.717, 1.165) is 17.1 Å². The predicted molar refractivity (Wildman–Crippen MR) is 297 cm³/mol. The fraction of sp³-hybridized carbons (Fsp3) is 0.0149. The minimum atomic E-state index is -0.486. The monoisotopic (exact) mass is 908 g/mol. The Kier molecular flexibility index (Phi) is 9.33. The molecule has 0 saturated heterocycles. The van der Waals surface area contributed by atoms with Gasteiger partial charge in [-0.3, -0.25) is 0 Å². The average molecular weight is 909 g/mol. The highest BCUT2D eigenvalue weighted by Crippen LogP contribution is 2.58. The molecule has 1 aliphatic rings. The van der Waals surface area contributed by atoms with Crippen molar-refractivity contribution in [1.82, 2.24) is 4.57 Å². The number of para-hydroxylation sites is 2. The van der Waals surface area contributed by atoms with Crippen LogP contribution in [0.25, 0.3) is 81.0 Å². The molecule has 13 aromatic rings. The second-order valence-electron chi connectivity index (χ2n) is 18.4. The third-order valence-electron chi connectivity index (χ3n) is 14.7. The molecular formula is C67H44N2S. The van der Waals surface area contributed by atoms with Gasteiger partial charge in [-0.15, -0.1) is 11.3 Å². The van der Waals surface area contributed by atoms with Gasteiger partial charge in [-0.1, -0.05) is 194 Å². The number of aromatic nitrogens is 1. The van der Waals surface area contributed by atoms with Gasteiger partial charge in [0, 0.05) is 53.6 Å². The third kappa shape index (κ3) is 6.19. The van der Waals surface area contributed by atoms with Gasteiger partial charge in [-0.2, -0.15) is 0 Å². The van der Waals surface area contributed by atoms with Crippen LogP contribution in [0, 0.1) is 0 Å². The molecule has 11 aromatic carbocycles. The standard InChI is InChI=1S/C67H44N2S/c1-4-20-49(21-5-1)67(50-22-6-2-7-23-50)59-29-13-10-28-57(59)66-60(67)30-17-32-62(66)69-61-31-14-11-26-54(61)55-40-36-48(43-63(55)69)47-19-16-18-46(42-47)45-34-37-52(38-35-45)68(51-24-8-3-9-25-51)53-39-41-65-58(44-53)56-27-12-15-33-64(56)70-65/h1-44H. The number of anilines is 3. The molecule has 0 unspecified atom stereocenters. The van der Waals surface area contributed by atoms with Crippen LogP contribution < -0.4 is 4.90 Å². The summed E-state index contributed by atoms with van der Waals surface area (Å²) >= 11 is 1.85. The van der Waals surface area contributed by atoms with Crippen molar-refractivity contribution in [3.63, 3.8) is 0 Å². The topological polar surface area (TPSA) is 8.17 Å². The summed E-state index contributed by atoms with van der Waals surface area (Å²) in [5.41, 5.74) is 18.8. The number of hydrogen-bond acceptors (Lipinski definition) is 2. The van der Waals surface area contributed by atoms with Crippen LogP contribution >= 0.6 is 11.3 Å². The zero-order valence-electron chi connectivity index (χ0n) is 38.2. The number of rotatable bonds is 8. The molecule has 2 aromatic heterocycles. The molecule has 0 amide bonds. The molecule has 1 aliphatic carbocycles. The molecule has 0 radical (unpaired) electrons. The minimum absolute atomic E-state index is 0.486. The maximum Gasteiger partial charge on any atom is 0.0714 e. The van der Waals surface area contributed by atoms with Crippen LogP contribution in [-0.4, -0.2) is 4.57 Å². The number of fused-ring (bicyclic) bond motifs is 9. The van der Waals surface area contributed by atoms with E-state index >= 15 is 0 Å². The maximum absolute atomic E-state index is 2.52. The first-order chi connectivity index (χ1) is 34.7. The molecule has 0 saturated carbocycles. The second kappa shape index (κ2) is 16.2. The minimum Gasteiger partial charge on any atom is -0.310 e. The van der Waals surface area contributed by atoms with Crippen LogP contribution in [0.2, 0.25) is 0 Å². The SMILES string of the molecule is c1ccc(N(c2ccc(-c3cccc(-c4ccc5c6ccccc6n(-c6cccc7c6-c6ccccc6C7(c6ccccc6)c6ccccc6)c5c4)c3)cc2)c2ccc3sc4ccccc4c3c2)cc1. The van der Waals surface area contributed by atoms with Crippen molar-refractivity contribution in [2.45, 2.75) is 5.41 Å². The zero-order chi connectivity index (χ0) is 46.2. The van der Waals surface area contributed by atoms with Gasteiger partial charge < -0.3 is 9.47 Å². The largest absolute Gasteiger partial charge is 0.310 e. The first-order valence-electron chi connectivity index (χ1n) is 24.1. The van der Waals surface area contributed by atoms with Crippen molar-refractivity contribution < 1.29 is 0 Å². The maximum atomic E-state index is 2.52. The number of thiophene rings is 1. The first kappa shape index (κ1) is 40.3. The molecule has 0 aliphatic heterocycles. The fourth-order valence-corrected chi connectivity index (χ4v) is 12.7. The van der Waals surface area contributed by atoms with E-state index in [1.165, 1.54) is 103 Å². The molecule has 2 nitrogen and oxygen atoms in total. The van der Waals surface area contributed by atoms with Crippen LogP contribution in [0.3, 0.4) is 0 Å². The van der Waals surface area contributed by atoms with Gasteiger partial charge >= 0.3 is 0 Å². The van der Waals surface area contributed by atoms with E-state index < -0.39 is 5.41 Å². The van der Waals surface area contributed by atoms with Crippen LogP contribution in [0.1, 0.15) is 22.3 Å². The summed E-state index contributed by atoms with van der Waals surface area (Å²) in [5, 5.41) is 5.07. The predicted octanol–water partition coefficient (Wildman–Crippen LogP) is 18.3. The van der Waals surface area contributed by atoms with Crippen LogP contribution in [0.4, 0.5) is 17.1 Å². The molecule has 70 heavy (non-hydrogen) atoms. The summed E-state index contributed by atoms with van der Waals surface area (Å²) in [6.45, 7) is 0. The summed E-state index contributed by atoms with van der Waals surface area (Å²) in [6.07, 6.45) is 0. The molecule has 0 atom stereocenters. The van der Waals surface area contributed by atoms with E-state index in [1.54, 1.807) is 0 Å². The Bertz CT molecular complexity index is 4070. The molecule has 328 valence electrons. The van der Waals surface area contributed by atoms with Crippen LogP contribution in [0.5, 0.6) is 0 Å². The molecule has 2 heterocycles. The fourth-order valence-electron chi connectivity index (χ4n) is 11.6. The Labute approximate surface area is 411 Å². The summed E-state index contributed by atoms with van der Waals surface area (Å²) < 4.78 is 5.14. The molecule has 3 heteroatoms. The lowest BCUT2D eigenvalue weighted by Crippen LogP contribution is -2.28. The van der Waals surface area contributed by atoms with Crippen molar-refractivity contribution in [2.75, 3.05) is 4.90 Å². The Hall–Kier alpha value is -8.76. The summed E-state index contributed by atoms with van der Waals surface area (Å²) in [5.74, 6) is 0. The van der Waals surface area contributed by atoms with Gasteiger partial charge in [0.15, 0.2) is 0 Å². The van der Waals surface area contributed by atoms with E-state index in [1.807, 2.05) is 11.3 Å². The Morgan fingerprint density at radius 1 is 0.329 bits per heavy atom. The van der Waals surface area contributed by atoms with Gasteiger partial charge in [-0.05, 0) is 123 Å². The second-order valence-corrected chi connectivity index (χ2v) is 19.5. The number of benzene rings is 11. The number of nitrogens with zero attached hydrogens (tertiary/aromatic N) is 2. The molecular weight excluding hydrogens is 865 g/mol. The lowest BCUT2D eigenvalue weighted by molar-refractivity contribution is 0.768. The van der Waals surface area contributed by atoms with E-state index in [-0.39, 0.29) is 0 Å². The quantitative estimate of drug-likeness (QED) is 0.147. The van der Waals surface area contributed by atoms with E-state index in [2.05, 4.69) is 276 Å². The molecule has 0 spiro atoms. The average Bonchev–Trinajstić information content (AvgIpc) is 4.08. The van der Waals surface area contributed by atoms with Crippen LogP contribution in [0.15, 0.2) is 267 Å². The zero-order valence-corrected chi connectivity index (χ0v) is 39.0. The highest BCUT2D eigenvalue weighted by atomic mass is 32.1. The van der Waals surface area contributed by atoms with Crippen molar-refractivity contribution in [3.05, 3.63) is 289 Å². The van der Waals surface area contributed by atoms with Crippen molar-refractivity contribution >= 4 is 70.4 Å². The van der Waals surface area contributed by atoms with Gasteiger partial charge in [0.1, 0.15) is 0 Å². The normalized spacial score (nSPS) is 12.7. The van der Waals surface area contributed by atoms with E-state index in [9.17, 15) is 0 Å². The summed E-state index contributed by atoms with van der Waals surface area (Å²) in [4.78, 5) is 2.37. The molecule has 0 fully saturated rings. The summed E-state index contributed by atoms with van der Waals surface area (Å²) in [6, 6.07) is 98.5. The number of hydrogen-bond donors (Lipinski definition) is 0. The summed E-state index contributed by atoms with van der Waals surface area (Å²) in [7, 11) is 0. The van der Waals surface area contributed by atoms with Gasteiger partial charge in [0.05, 0.1) is 22.1 Å². The van der Waals surface area contributed by atoms with E-state index in [4.69, 9.17) is 0 Å². The third-order valence-corrected chi connectivity index (χ3v) is 15.8. The highest BCUT2D eigenvalue weighted by Gasteiger charge is 2.47. The van der Waals surface area contributed by atoms with E-state index in [0.29, 0.717) is 0 Å². The smallest absolute Gasteiger partial charge is 0.0714 e. The first-order valence-corrected chi connectivity index (χ1v) is 24.9. The van der Waals surface area contributed by atoms with Gasteiger partial charge in [0.2, 0.25) is 0 Å². The molecule has 0 bridgehead atoms. The van der Waals surface area contributed by atoms with Crippen molar-refractivity contribution in [1.29, 1.82) is 0 Å². The van der Waals surface area contributed by atoms with Crippen LogP contribution in [-0.2, 0) is 5.41 Å².